The zero-order valence-electron chi connectivity index (χ0n) is 14.3. The molecule has 0 fully saturated rings. The Kier molecular flexibility index (Phi) is 4.99. The van der Waals surface area contributed by atoms with Crippen molar-refractivity contribution in [1.29, 1.82) is 0 Å². The van der Waals surface area contributed by atoms with Gasteiger partial charge >= 0.3 is 0 Å². The van der Waals surface area contributed by atoms with E-state index in [0.717, 1.165) is 16.9 Å². The molecule has 6 nitrogen and oxygen atoms in total. The number of hydrogen-bond donors (Lipinski definition) is 1. The van der Waals surface area contributed by atoms with Crippen molar-refractivity contribution >= 4 is 11.6 Å². The molecule has 0 aliphatic carbocycles. The molecule has 0 bridgehead atoms. The van der Waals surface area contributed by atoms with Crippen LogP contribution in [0.3, 0.4) is 0 Å². The van der Waals surface area contributed by atoms with Crippen LogP contribution in [-0.4, -0.2) is 31.3 Å². The van der Waals surface area contributed by atoms with Crippen molar-refractivity contribution in [1.82, 2.24) is 9.97 Å². The highest BCUT2D eigenvalue weighted by Crippen LogP contribution is 2.40. The highest BCUT2D eigenvalue weighted by molar-refractivity contribution is 5.69. The van der Waals surface area contributed by atoms with Crippen molar-refractivity contribution in [2.75, 3.05) is 26.6 Å². The minimum atomic E-state index is 0.512. The molecule has 0 radical (unpaired) electrons. The van der Waals surface area contributed by atoms with E-state index in [1.54, 1.807) is 27.5 Å². The molecular weight excluding hydrogens is 318 g/mol. The minimum absolute atomic E-state index is 0.512. The monoisotopic (exact) mass is 337 g/mol. The number of methoxy groups -OCH3 is 3. The van der Waals surface area contributed by atoms with E-state index >= 15 is 0 Å². The molecule has 3 rings (SSSR count). The Morgan fingerprint density at radius 2 is 1.52 bits per heavy atom. The van der Waals surface area contributed by atoms with Gasteiger partial charge in [-0.15, -0.1) is 0 Å². The van der Waals surface area contributed by atoms with Crippen LogP contribution in [0.4, 0.5) is 11.6 Å². The molecule has 0 aliphatic rings. The number of aromatic nitrogens is 2. The lowest BCUT2D eigenvalue weighted by Gasteiger charge is -2.14. The van der Waals surface area contributed by atoms with Crippen LogP contribution in [-0.2, 0) is 0 Å². The maximum absolute atomic E-state index is 5.40. The first-order valence-electron chi connectivity index (χ1n) is 7.70. The first kappa shape index (κ1) is 16.6. The van der Waals surface area contributed by atoms with Crippen LogP contribution < -0.4 is 19.5 Å². The average Bonchev–Trinajstić information content (AvgIpc) is 2.67. The summed E-state index contributed by atoms with van der Waals surface area (Å²) in [6.07, 6.45) is 1.71. The predicted octanol–water partition coefficient (Wildman–Crippen LogP) is 3.91. The average molecular weight is 337 g/mol. The highest BCUT2D eigenvalue weighted by atomic mass is 16.5. The highest BCUT2D eigenvalue weighted by Gasteiger charge is 2.15. The molecule has 128 valence electrons. The van der Waals surface area contributed by atoms with Crippen LogP contribution in [0.1, 0.15) is 0 Å². The van der Waals surface area contributed by atoms with Gasteiger partial charge in [-0.25, -0.2) is 9.97 Å². The summed E-state index contributed by atoms with van der Waals surface area (Å²) in [5.41, 5.74) is 2.50. The second-order valence-corrected chi connectivity index (χ2v) is 5.17. The number of para-hydroxylation sites is 1. The Balaban J connectivity index is 1.98. The van der Waals surface area contributed by atoms with Gasteiger partial charge in [-0.2, -0.15) is 0 Å². The molecule has 0 amide bonds. The van der Waals surface area contributed by atoms with Crippen molar-refractivity contribution < 1.29 is 14.2 Å². The lowest BCUT2D eigenvalue weighted by molar-refractivity contribution is 0.324. The number of hydrogen-bond acceptors (Lipinski definition) is 6. The van der Waals surface area contributed by atoms with Crippen LogP contribution in [0, 0.1) is 0 Å². The SMILES string of the molecule is COc1cc(-c2ccnc(Nc3ccccc3)n2)cc(OC)c1OC. The smallest absolute Gasteiger partial charge is 0.227 e. The fraction of sp³-hybridized carbons (Fsp3) is 0.158. The molecule has 0 spiro atoms. The first-order chi connectivity index (χ1) is 12.2. The Hall–Kier alpha value is -3.28. The summed E-state index contributed by atoms with van der Waals surface area (Å²) in [5.74, 6) is 2.21. The summed E-state index contributed by atoms with van der Waals surface area (Å²) >= 11 is 0. The number of rotatable bonds is 6. The normalized spacial score (nSPS) is 10.2. The molecule has 0 unspecified atom stereocenters. The Labute approximate surface area is 146 Å². The lowest BCUT2D eigenvalue weighted by Crippen LogP contribution is -1.99. The maximum Gasteiger partial charge on any atom is 0.227 e. The van der Waals surface area contributed by atoms with Crippen molar-refractivity contribution in [2.24, 2.45) is 0 Å². The van der Waals surface area contributed by atoms with Gasteiger partial charge in [0.1, 0.15) is 0 Å². The van der Waals surface area contributed by atoms with E-state index < -0.39 is 0 Å². The van der Waals surface area contributed by atoms with Crippen LogP contribution >= 0.6 is 0 Å². The van der Waals surface area contributed by atoms with Crippen molar-refractivity contribution in [3.63, 3.8) is 0 Å². The number of ether oxygens (including phenoxy) is 3. The van der Waals surface area contributed by atoms with Gasteiger partial charge in [0.05, 0.1) is 27.0 Å². The molecule has 0 saturated carbocycles. The van der Waals surface area contributed by atoms with E-state index in [1.807, 2.05) is 48.5 Å². The van der Waals surface area contributed by atoms with Crippen molar-refractivity contribution in [3.8, 4) is 28.5 Å². The third-order valence-electron chi connectivity index (χ3n) is 3.65. The summed E-state index contributed by atoms with van der Waals surface area (Å²) in [6.45, 7) is 0. The molecule has 0 atom stereocenters. The van der Waals surface area contributed by atoms with Crippen LogP contribution in [0.5, 0.6) is 17.2 Å². The zero-order valence-corrected chi connectivity index (χ0v) is 14.3. The molecule has 1 heterocycles. The molecule has 3 aromatic rings. The summed E-state index contributed by atoms with van der Waals surface area (Å²) in [5, 5.41) is 3.18. The number of anilines is 2. The second-order valence-electron chi connectivity index (χ2n) is 5.17. The van der Waals surface area contributed by atoms with E-state index in [2.05, 4.69) is 15.3 Å². The fourth-order valence-electron chi connectivity index (χ4n) is 2.46. The molecule has 1 aromatic heterocycles. The van der Waals surface area contributed by atoms with Gasteiger partial charge in [0.2, 0.25) is 11.7 Å². The Morgan fingerprint density at radius 1 is 0.840 bits per heavy atom. The lowest BCUT2D eigenvalue weighted by atomic mass is 10.1. The standard InChI is InChI=1S/C19H19N3O3/c1-23-16-11-13(12-17(24-2)18(16)25-3)15-9-10-20-19(22-15)21-14-7-5-4-6-8-14/h4-12H,1-3H3,(H,20,21,22). The molecule has 25 heavy (non-hydrogen) atoms. The third kappa shape index (κ3) is 3.63. The molecule has 2 aromatic carbocycles. The van der Waals surface area contributed by atoms with Gasteiger partial charge in [0, 0.05) is 17.4 Å². The van der Waals surface area contributed by atoms with Crippen LogP contribution in [0.25, 0.3) is 11.3 Å². The molecule has 6 heteroatoms. The topological polar surface area (TPSA) is 65.5 Å². The predicted molar refractivity (Wildman–Crippen MR) is 96.8 cm³/mol. The summed E-state index contributed by atoms with van der Waals surface area (Å²) < 4.78 is 16.2. The van der Waals surface area contributed by atoms with Crippen LogP contribution in [0.2, 0.25) is 0 Å². The van der Waals surface area contributed by atoms with E-state index in [0.29, 0.717) is 23.2 Å². The number of nitrogens with one attached hydrogen (secondary N) is 1. The molecule has 0 aliphatic heterocycles. The Morgan fingerprint density at radius 3 is 2.12 bits per heavy atom. The van der Waals surface area contributed by atoms with Gasteiger partial charge in [-0.1, -0.05) is 18.2 Å². The van der Waals surface area contributed by atoms with Crippen molar-refractivity contribution in [3.05, 3.63) is 54.7 Å². The summed E-state index contributed by atoms with van der Waals surface area (Å²) in [6, 6.07) is 15.3. The van der Waals surface area contributed by atoms with Gasteiger partial charge in [0.15, 0.2) is 11.5 Å². The quantitative estimate of drug-likeness (QED) is 0.735. The molecule has 0 saturated heterocycles. The molecule has 1 N–H and O–H groups in total. The minimum Gasteiger partial charge on any atom is -0.493 e. The van der Waals surface area contributed by atoms with E-state index in [-0.39, 0.29) is 0 Å². The van der Waals surface area contributed by atoms with E-state index in [9.17, 15) is 0 Å². The van der Waals surface area contributed by atoms with Crippen LogP contribution in [0.15, 0.2) is 54.7 Å². The van der Waals surface area contributed by atoms with E-state index in [1.165, 1.54) is 0 Å². The Bertz CT molecular complexity index is 829. The van der Waals surface area contributed by atoms with Gasteiger partial charge in [-0.05, 0) is 30.3 Å². The first-order valence-corrected chi connectivity index (χ1v) is 7.70. The maximum atomic E-state index is 5.40. The second kappa shape index (κ2) is 7.53. The summed E-state index contributed by atoms with van der Waals surface area (Å²) in [4.78, 5) is 8.84. The summed E-state index contributed by atoms with van der Waals surface area (Å²) in [7, 11) is 4.75. The fourth-order valence-corrected chi connectivity index (χ4v) is 2.46. The van der Waals surface area contributed by atoms with Crippen molar-refractivity contribution in [2.45, 2.75) is 0 Å². The van der Waals surface area contributed by atoms with Gasteiger partial charge < -0.3 is 19.5 Å². The number of benzene rings is 2. The molecular formula is C19H19N3O3. The van der Waals surface area contributed by atoms with Gasteiger partial charge in [0.25, 0.3) is 0 Å². The zero-order chi connectivity index (χ0) is 17.6. The third-order valence-corrected chi connectivity index (χ3v) is 3.65. The number of nitrogens with zero attached hydrogens (tertiary/aromatic N) is 2. The largest absolute Gasteiger partial charge is 0.493 e. The van der Waals surface area contributed by atoms with Gasteiger partial charge in [-0.3, -0.25) is 0 Å². The van der Waals surface area contributed by atoms with E-state index in [4.69, 9.17) is 14.2 Å².